The monoisotopic (exact) mass is 373 g/mol. The van der Waals surface area contributed by atoms with Crippen LogP contribution in [0.4, 0.5) is 11.4 Å². The first kappa shape index (κ1) is 17.8. The van der Waals surface area contributed by atoms with Crippen molar-refractivity contribution in [2.75, 3.05) is 5.75 Å². The number of nitro benzene ring substituents is 1. The fourth-order valence-corrected chi connectivity index (χ4v) is 6.39. The lowest BCUT2D eigenvalue weighted by Gasteiger charge is -2.40. The van der Waals surface area contributed by atoms with Crippen LogP contribution in [-0.2, 0) is 0 Å². The molecule has 0 N–H and O–H groups in total. The fourth-order valence-electron chi connectivity index (χ4n) is 4.92. The summed E-state index contributed by atoms with van der Waals surface area (Å²) >= 11 is 1.82. The summed E-state index contributed by atoms with van der Waals surface area (Å²) in [5, 5.41) is 12.6. The number of aryl methyl sites for hydroxylation is 1. The second kappa shape index (κ2) is 6.87. The Kier molecular flexibility index (Phi) is 4.71. The summed E-state index contributed by atoms with van der Waals surface area (Å²) < 4.78 is 0. The van der Waals surface area contributed by atoms with Gasteiger partial charge in [0.25, 0.3) is 5.69 Å². The van der Waals surface area contributed by atoms with Gasteiger partial charge in [-0.2, -0.15) is 0 Å². The Labute approximate surface area is 159 Å². The van der Waals surface area contributed by atoms with Crippen molar-refractivity contribution < 1.29 is 4.92 Å². The first-order chi connectivity index (χ1) is 12.5. The topological polar surface area (TPSA) is 58.7 Å². The minimum Gasteiger partial charge on any atom is -0.342 e. The maximum Gasteiger partial charge on any atom is 0.295 e. The maximum atomic E-state index is 11.6. The van der Waals surface area contributed by atoms with E-state index >= 15 is 0 Å². The molecule has 1 spiro atoms. The third-order valence-electron chi connectivity index (χ3n) is 6.50. The molecule has 26 heavy (non-hydrogen) atoms. The van der Waals surface area contributed by atoms with Crippen LogP contribution in [0.1, 0.15) is 62.5 Å². The summed E-state index contributed by atoms with van der Waals surface area (Å²) in [7, 11) is 0. The Hall–Kier alpha value is -1.56. The smallest absolute Gasteiger partial charge is 0.295 e. The lowest BCUT2D eigenvalue weighted by molar-refractivity contribution is -0.384. The van der Waals surface area contributed by atoms with Gasteiger partial charge in [0.1, 0.15) is 5.69 Å². The van der Waals surface area contributed by atoms with Crippen molar-refractivity contribution >= 4 is 28.3 Å². The molecule has 3 aliphatic rings. The molecule has 4 rings (SSSR count). The van der Waals surface area contributed by atoms with Crippen molar-refractivity contribution in [3.8, 4) is 0 Å². The lowest BCUT2D eigenvalue weighted by atomic mass is 9.95. The average molecular weight is 374 g/mol. The van der Waals surface area contributed by atoms with E-state index in [9.17, 15) is 10.1 Å². The lowest BCUT2D eigenvalue weighted by Crippen LogP contribution is -2.50. The third kappa shape index (κ3) is 2.92. The van der Waals surface area contributed by atoms with Gasteiger partial charge >= 0.3 is 0 Å². The normalized spacial score (nSPS) is 24.2. The van der Waals surface area contributed by atoms with Gasteiger partial charge in [-0.1, -0.05) is 43.5 Å². The summed E-state index contributed by atoms with van der Waals surface area (Å²) in [6.07, 6.45) is 10.1. The molecule has 1 aromatic carbocycles. The molecule has 1 saturated heterocycles. The average Bonchev–Trinajstić information content (AvgIpc) is 3.35. The second-order valence-corrected chi connectivity index (χ2v) is 9.00. The van der Waals surface area contributed by atoms with Crippen molar-refractivity contribution in [1.82, 2.24) is 4.90 Å². The van der Waals surface area contributed by atoms with Gasteiger partial charge in [-0.05, 0) is 50.7 Å². The third-order valence-corrected chi connectivity index (χ3v) is 7.72. The molecular weight excluding hydrogens is 346 g/mol. The zero-order valence-electron chi connectivity index (χ0n) is 15.7. The van der Waals surface area contributed by atoms with Crippen LogP contribution in [0.5, 0.6) is 0 Å². The summed E-state index contributed by atoms with van der Waals surface area (Å²) in [6, 6.07) is 3.99. The van der Waals surface area contributed by atoms with E-state index in [1.54, 1.807) is 6.07 Å². The van der Waals surface area contributed by atoms with E-state index < -0.39 is 0 Å². The molecule has 1 aliphatic heterocycles. The molecular formula is C20H27N3O2S. The number of nitrogens with zero attached hydrogens (tertiary/aromatic N) is 3. The number of amidine groups is 1. The number of hydrogen-bond acceptors (Lipinski definition) is 4. The number of aliphatic imine (C=N–C) groups is 1. The molecule has 2 saturated carbocycles. The fraction of sp³-hybridized carbons (Fsp3) is 0.650. The first-order valence-electron chi connectivity index (χ1n) is 9.77. The van der Waals surface area contributed by atoms with Gasteiger partial charge in [-0.25, -0.2) is 4.99 Å². The van der Waals surface area contributed by atoms with Gasteiger partial charge in [0.05, 0.1) is 10.5 Å². The van der Waals surface area contributed by atoms with E-state index in [1.165, 1.54) is 51.4 Å². The van der Waals surface area contributed by atoms with E-state index in [-0.39, 0.29) is 16.1 Å². The predicted octanol–water partition coefficient (Wildman–Crippen LogP) is 5.50. The van der Waals surface area contributed by atoms with Gasteiger partial charge in [0.2, 0.25) is 0 Å². The van der Waals surface area contributed by atoms with Crippen LogP contribution in [0.2, 0.25) is 0 Å². The van der Waals surface area contributed by atoms with E-state index in [2.05, 4.69) is 4.90 Å². The molecule has 2 aliphatic carbocycles. The van der Waals surface area contributed by atoms with Crippen LogP contribution in [0, 0.1) is 24.0 Å². The zero-order valence-corrected chi connectivity index (χ0v) is 16.5. The molecule has 0 amide bonds. The molecule has 0 atom stereocenters. The minimum absolute atomic E-state index is 0.125. The van der Waals surface area contributed by atoms with E-state index in [0.29, 0.717) is 11.7 Å². The molecule has 3 fully saturated rings. The summed E-state index contributed by atoms with van der Waals surface area (Å²) in [4.78, 5) is 18.8. The second-order valence-electron chi connectivity index (χ2n) is 8.06. The number of hydrogen-bond donors (Lipinski definition) is 0. The predicted molar refractivity (Wildman–Crippen MR) is 107 cm³/mol. The maximum absolute atomic E-state index is 11.6. The highest BCUT2D eigenvalue weighted by Crippen LogP contribution is 2.49. The molecule has 1 heterocycles. The summed E-state index contributed by atoms with van der Waals surface area (Å²) in [5.74, 6) is 1.08. The van der Waals surface area contributed by atoms with E-state index in [0.717, 1.165) is 22.0 Å². The Morgan fingerprint density at radius 1 is 1.19 bits per heavy atom. The molecule has 0 bridgehead atoms. The molecule has 6 heteroatoms. The molecule has 0 radical (unpaired) electrons. The number of thioether (sulfide) groups is 1. The molecule has 0 aromatic heterocycles. The molecule has 5 nitrogen and oxygen atoms in total. The van der Waals surface area contributed by atoms with Gasteiger partial charge in [0.15, 0.2) is 5.17 Å². The van der Waals surface area contributed by atoms with Crippen LogP contribution >= 0.6 is 11.8 Å². The highest BCUT2D eigenvalue weighted by atomic mass is 32.2. The minimum atomic E-state index is -0.295. The first-order valence-corrected chi connectivity index (χ1v) is 10.8. The van der Waals surface area contributed by atoms with Crippen molar-refractivity contribution in [2.24, 2.45) is 4.99 Å². The summed E-state index contributed by atoms with van der Waals surface area (Å²) in [5.41, 5.74) is 2.90. The van der Waals surface area contributed by atoms with Gasteiger partial charge in [-0.15, -0.1) is 0 Å². The standard InChI is InChI=1S/C20H27N3O2S/c1-14-9-10-17(23(24)25)18(15(14)2)21-19-22(16-7-3-4-8-16)20(13-26-19)11-5-6-12-20/h9-10,16H,3-8,11-13H2,1-2H3. The van der Waals surface area contributed by atoms with E-state index in [4.69, 9.17) is 4.99 Å². The molecule has 0 unspecified atom stereocenters. The molecule has 1 aromatic rings. The van der Waals surface area contributed by atoms with Crippen molar-refractivity contribution in [3.63, 3.8) is 0 Å². The Morgan fingerprint density at radius 2 is 1.88 bits per heavy atom. The largest absolute Gasteiger partial charge is 0.342 e. The zero-order chi connectivity index (χ0) is 18.3. The Morgan fingerprint density at radius 3 is 2.54 bits per heavy atom. The number of benzene rings is 1. The van der Waals surface area contributed by atoms with Gasteiger partial charge in [-0.3, -0.25) is 10.1 Å². The van der Waals surface area contributed by atoms with Crippen molar-refractivity contribution in [3.05, 3.63) is 33.4 Å². The SMILES string of the molecule is Cc1ccc([N+](=O)[O-])c(N=C2SCC3(CCCC3)N2C2CCCC2)c1C. The van der Waals surface area contributed by atoms with Gasteiger partial charge in [0, 0.05) is 17.9 Å². The highest BCUT2D eigenvalue weighted by Gasteiger charge is 2.49. The van der Waals surface area contributed by atoms with Crippen LogP contribution in [0.3, 0.4) is 0 Å². The highest BCUT2D eigenvalue weighted by molar-refractivity contribution is 8.14. The van der Waals surface area contributed by atoms with Gasteiger partial charge < -0.3 is 4.90 Å². The van der Waals surface area contributed by atoms with Crippen LogP contribution in [0.15, 0.2) is 17.1 Å². The Balaban J connectivity index is 1.79. The number of nitro groups is 1. The molecule has 140 valence electrons. The van der Waals surface area contributed by atoms with Crippen LogP contribution < -0.4 is 0 Å². The number of rotatable bonds is 3. The Bertz CT molecular complexity index is 750. The van der Waals surface area contributed by atoms with Crippen LogP contribution in [-0.4, -0.2) is 32.3 Å². The van der Waals surface area contributed by atoms with E-state index in [1.807, 2.05) is 31.7 Å². The van der Waals surface area contributed by atoms with Crippen LogP contribution in [0.25, 0.3) is 0 Å². The van der Waals surface area contributed by atoms with Crippen molar-refractivity contribution in [1.29, 1.82) is 0 Å². The quantitative estimate of drug-likeness (QED) is 0.518. The van der Waals surface area contributed by atoms with Crippen molar-refractivity contribution in [2.45, 2.75) is 76.8 Å². The summed E-state index contributed by atoms with van der Waals surface area (Å²) in [6.45, 7) is 3.95.